The zero-order valence-corrected chi connectivity index (χ0v) is 22.9. The second-order valence-corrected chi connectivity index (χ2v) is 7.14. The molecule has 4 nitrogen and oxygen atoms in total. The summed E-state index contributed by atoms with van der Waals surface area (Å²) in [7, 11) is 0. The van der Waals surface area contributed by atoms with E-state index < -0.39 is 0 Å². The topological polar surface area (TPSA) is 80.9 Å². The Morgan fingerprint density at radius 1 is 0.310 bits per heavy atom. The first-order valence-corrected chi connectivity index (χ1v) is 12.1. The molecular weight excluding hydrogens is 443 g/mol. The predicted octanol–water partition coefficient (Wildman–Crippen LogP) is 6.23. The Kier molecular flexibility index (Phi) is 71.1. The van der Waals surface area contributed by atoms with E-state index in [0.29, 0.717) is 26.4 Å². The number of rotatable bonds is 16. The summed E-state index contributed by atoms with van der Waals surface area (Å²) >= 11 is 0. The summed E-state index contributed by atoms with van der Waals surface area (Å²) in [6.07, 6.45) is 18.7. The monoisotopic (exact) mass is 498 g/mol. The minimum absolute atomic E-state index is 0. The molecule has 0 spiro atoms. The average molecular weight is 500 g/mol. The third kappa shape index (κ3) is 73.3. The molecule has 4 N–H and O–H groups in total. The van der Waals surface area contributed by atoms with Crippen LogP contribution in [0.3, 0.4) is 0 Å². The molecule has 0 unspecified atom stereocenters. The van der Waals surface area contributed by atoms with E-state index in [4.69, 9.17) is 20.4 Å². The Balaban J connectivity index is -0.0000000873. The zero-order valence-electron chi connectivity index (χ0n) is 20.4. The molecule has 0 radical (unpaired) electrons. The predicted molar refractivity (Wildman–Crippen MR) is 125 cm³/mol. The van der Waals surface area contributed by atoms with Gasteiger partial charge in [-0.1, -0.05) is 105 Å². The molecule has 0 amide bonds. The first-order valence-electron chi connectivity index (χ1n) is 12.1. The minimum Gasteiger partial charge on any atom is -0.396 e. The van der Waals surface area contributed by atoms with E-state index in [0.717, 1.165) is 25.7 Å². The second-order valence-electron chi connectivity index (χ2n) is 7.14. The normalized spacial score (nSPS) is 9.10. The van der Waals surface area contributed by atoms with Gasteiger partial charge in [0.15, 0.2) is 0 Å². The van der Waals surface area contributed by atoms with Crippen LogP contribution < -0.4 is 0 Å². The average Bonchev–Trinajstić information content (AvgIpc) is 2.71. The van der Waals surface area contributed by atoms with Crippen LogP contribution in [0.1, 0.15) is 130 Å². The third-order valence-corrected chi connectivity index (χ3v) is 4.05. The molecule has 0 aromatic heterocycles. The molecule has 0 aliphatic rings. The van der Waals surface area contributed by atoms with Crippen LogP contribution in [0.25, 0.3) is 0 Å². The van der Waals surface area contributed by atoms with Crippen molar-refractivity contribution in [1.29, 1.82) is 0 Å². The Hall–Kier alpha value is 0.723. The summed E-state index contributed by atoms with van der Waals surface area (Å²) in [5.74, 6) is 0. The Bertz CT molecular complexity index is 140. The van der Waals surface area contributed by atoms with Gasteiger partial charge in [0, 0.05) is 52.6 Å². The van der Waals surface area contributed by atoms with E-state index in [1.807, 2.05) is 0 Å². The van der Waals surface area contributed by atoms with E-state index in [1.165, 1.54) is 77.0 Å². The molecule has 5 heteroatoms. The van der Waals surface area contributed by atoms with Crippen molar-refractivity contribution in [3.05, 3.63) is 0 Å². The molecule has 0 fully saturated rings. The van der Waals surface area contributed by atoms with Crippen LogP contribution in [0.5, 0.6) is 0 Å². The standard InChI is InChI=1S/4C6H14O.Zr/c4*1-2-3-4-5-6-7;/h4*7H,2-6H2,1H3;. The van der Waals surface area contributed by atoms with Crippen molar-refractivity contribution in [1.82, 2.24) is 0 Å². The molecule has 0 bridgehead atoms. The molecule has 29 heavy (non-hydrogen) atoms. The minimum atomic E-state index is 0. The third-order valence-electron chi connectivity index (χ3n) is 4.05. The number of hydrogen-bond acceptors (Lipinski definition) is 4. The van der Waals surface area contributed by atoms with Crippen LogP contribution in [0.2, 0.25) is 0 Å². The summed E-state index contributed by atoms with van der Waals surface area (Å²) in [6, 6.07) is 0. The maximum atomic E-state index is 8.29. The molecule has 0 saturated heterocycles. The molecule has 0 aromatic carbocycles. The molecule has 0 aliphatic carbocycles. The van der Waals surface area contributed by atoms with Gasteiger partial charge in [0.05, 0.1) is 0 Å². The Morgan fingerprint density at radius 3 is 0.586 bits per heavy atom. The van der Waals surface area contributed by atoms with Gasteiger partial charge in [-0.25, -0.2) is 0 Å². The maximum absolute atomic E-state index is 8.29. The van der Waals surface area contributed by atoms with Crippen molar-refractivity contribution in [2.24, 2.45) is 0 Å². The fraction of sp³-hybridized carbons (Fsp3) is 1.00. The number of aliphatic hydroxyl groups excluding tert-OH is 4. The van der Waals surface area contributed by atoms with Crippen molar-refractivity contribution in [2.45, 2.75) is 130 Å². The van der Waals surface area contributed by atoms with Gasteiger partial charge in [-0.2, -0.15) is 0 Å². The van der Waals surface area contributed by atoms with Gasteiger partial charge in [0.25, 0.3) is 0 Å². The van der Waals surface area contributed by atoms with Gasteiger partial charge in [-0.15, -0.1) is 0 Å². The SMILES string of the molecule is CCCCCCO.CCCCCCO.CCCCCCO.CCCCCCO.[Zr]. The van der Waals surface area contributed by atoms with Gasteiger partial charge in [-0.05, 0) is 25.7 Å². The first-order chi connectivity index (χ1) is 13.7. The van der Waals surface area contributed by atoms with Crippen LogP contribution >= 0.6 is 0 Å². The van der Waals surface area contributed by atoms with Crippen molar-refractivity contribution >= 4 is 0 Å². The van der Waals surface area contributed by atoms with Gasteiger partial charge < -0.3 is 20.4 Å². The van der Waals surface area contributed by atoms with E-state index in [1.54, 1.807) is 0 Å². The maximum Gasteiger partial charge on any atom is 0.0431 e. The molecule has 0 atom stereocenters. The van der Waals surface area contributed by atoms with E-state index in [9.17, 15) is 0 Å². The van der Waals surface area contributed by atoms with E-state index >= 15 is 0 Å². The Labute approximate surface area is 203 Å². The zero-order chi connectivity index (χ0) is 22.1. The van der Waals surface area contributed by atoms with Crippen molar-refractivity contribution in [2.75, 3.05) is 26.4 Å². The Morgan fingerprint density at radius 2 is 0.483 bits per heavy atom. The van der Waals surface area contributed by atoms with Crippen molar-refractivity contribution in [3.63, 3.8) is 0 Å². The molecular formula is C24H56O4Zr. The van der Waals surface area contributed by atoms with Gasteiger partial charge >= 0.3 is 0 Å². The summed E-state index contributed by atoms with van der Waals surface area (Å²) in [4.78, 5) is 0. The quantitative estimate of drug-likeness (QED) is 0.190. The van der Waals surface area contributed by atoms with Crippen LogP contribution in [0, 0.1) is 0 Å². The van der Waals surface area contributed by atoms with Crippen LogP contribution in [0.4, 0.5) is 0 Å². The fourth-order valence-corrected chi connectivity index (χ4v) is 2.15. The van der Waals surface area contributed by atoms with Crippen molar-refractivity contribution in [3.8, 4) is 0 Å². The van der Waals surface area contributed by atoms with Gasteiger partial charge in [0.2, 0.25) is 0 Å². The molecule has 180 valence electrons. The van der Waals surface area contributed by atoms with Crippen LogP contribution in [0.15, 0.2) is 0 Å². The van der Waals surface area contributed by atoms with Gasteiger partial charge in [0.1, 0.15) is 0 Å². The number of hydrogen-bond donors (Lipinski definition) is 4. The summed E-state index contributed by atoms with van der Waals surface area (Å²) in [6.45, 7) is 10.1. The fourth-order valence-electron chi connectivity index (χ4n) is 2.15. The van der Waals surface area contributed by atoms with Crippen molar-refractivity contribution < 1.29 is 46.6 Å². The van der Waals surface area contributed by atoms with Crippen LogP contribution in [-0.2, 0) is 26.2 Å². The summed E-state index contributed by atoms with van der Waals surface area (Å²) < 4.78 is 0. The number of unbranched alkanes of at least 4 members (excludes halogenated alkanes) is 12. The molecule has 0 rings (SSSR count). The molecule has 0 heterocycles. The van der Waals surface area contributed by atoms with Gasteiger partial charge in [-0.3, -0.25) is 0 Å². The smallest absolute Gasteiger partial charge is 0.0431 e. The van der Waals surface area contributed by atoms with E-state index in [2.05, 4.69) is 27.7 Å². The second kappa shape index (κ2) is 51.4. The number of aliphatic hydroxyl groups is 4. The van der Waals surface area contributed by atoms with Crippen LogP contribution in [-0.4, -0.2) is 46.9 Å². The summed E-state index contributed by atoms with van der Waals surface area (Å²) in [5, 5.41) is 33.2. The largest absolute Gasteiger partial charge is 0.396 e. The van der Waals surface area contributed by atoms with E-state index in [-0.39, 0.29) is 26.2 Å². The molecule has 0 aliphatic heterocycles. The molecule has 0 saturated carbocycles. The molecule has 0 aromatic rings. The summed E-state index contributed by atoms with van der Waals surface area (Å²) in [5.41, 5.74) is 0. The first kappa shape index (κ1) is 40.1.